The number of nitrogens with zero attached hydrogens (tertiary/aromatic N) is 4. The monoisotopic (exact) mass is 546 g/mol. The van der Waals surface area contributed by atoms with Gasteiger partial charge in [-0.05, 0) is 31.5 Å². The zero-order valence-corrected chi connectivity index (χ0v) is 22.3. The predicted molar refractivity (Wildman–Crippen MR) is 147 cm³/mol. The van der Waals surface area contributed by atoms with Gasteiger partial charge in [0.1, 0.15) is 40.2 Å². The van der Waals surface area contributed by atoms with E-state index in [1.807, 2.05) is 31.2 Å². The molecule has 10 heteroatoms. The molecule has 2 aliphatic rings. The molecule has 0 bridgehead atoms. The number of rotatable bonds is 6. The van der Waals surface area contributed by atoms with Crippen LogP contribution in [0.25, 0.3) is 0 Å². The number of amidine groups is 1. The lowest BCUT2D eigenvalue weighted by Gasteiger charge is -2.33. The number of likely N-dealkylation sites (tertiary alicyclic amines) is 1. The molecule has 0 spiro atoms. The number of amides is 1. The van der Waals surface area contributed by atoms with Crippen LogP contribution < -0.4 is 14.4 Å². The Bertz CT molecular complexity index is 1550. The third-order valence-corrected chi connectivity index (χ3v) is 6.99. The van der Waals surface area contributed by atoms with Crippen LogP contribution in [0.2, 0.25) is 0 Å². The van der Waals surface area contributed by atoms with Crippen LogP contribution in [0.5, 0.6) is 11.5 Å². The molecule has 1 amide bonds. The first-order valence-corrected chi connectivity index (χ1v) is 12.6. The molecule has 2 aromatic carbocycles. The molecule has 3 heterocycles. The first-order chi connectivity index (χ1) is 19.2. The number of benzene rings is 2. The van der Waals surface area contributed by atoms with Crippen molar-refractivity contribution in [1.82, 2.24) is 9.88 Å². The van der Waals surface area contributed by atoms with Crippen LogP contribution in [0.3, 0.4) is 0 Å². The van der Waals surface area contributed by atoms with Crippen LogP contribution in [-0.4, -0.2) is 54.0 Å². The normalized spacial score (nSPS) is 17.3. The van der Waals surface area contributed by atoms with E-state index in [4.69, 9.17) is 9.47 Å². The summed E-state index contributed by atoms with van der Waals surface area (Å²) in [5, 5.41) is 11.8. The Kier molecular flexibility index (Phi) is 7.25. The Hall–Kier alpha value is -4.73. The number of anilines is 1. The van der Waals surface area contributed by atoms with Crippen molar-refractivity contribution in [3.05, 3.63) is 107 Å². The molecule has 0 aliphatic carbocycles. The van der Waals surface area contributed by atoms with Crippen molar-refractivity contribution in [3.8, 4) is 11.5 Å². The number of para-hydroxylation sites is 1. The van der Waals surface area contributed by atoms with Crippen molar-refractivity contribution in [2.75, 3.05) is 32.2 Å². The summed E-state index contributed by atoms with van der Waals surface area (Å²) >= 11 is 0. The predicted octanol–water partition coefficient (Wildman–Crippen LogP) is 5.25. The molecule has 1 unspecified atom stereocenters. The highest BCUT2D eigenvalue weighted by Crippen LogP contribution is 2.43. The maximum absolute atomic E-state index is 14.4. The molecule has 206 valence electrons. The van der Waals surface area contributed by atoms with Crippen LogP contribution >= 0.6 is 0 Å². The Morgan fingerprint density at radius 2 is 1.80 bits per heavy atom. The van der Waals surface area contributed by atoms with E-state index in [0.29, 0.717) is 35.0 Å². The van der Waals surface area contributed by atoms with Gasteiger partial charge in [0, 0.05) is 30.6 Å². The molecule has 1 aromatic heterocycles. The van der Waals surface area contributed by atoms with Crippen molar-refractivity contribution >= 4 is 17.4 Å². The van der Waals surface area contributed by atoms with Gasteiger partial charge in [0.25, 0.3) is 5.91 Å². The second-order valence-electron chi connectivity index (χ2n) is 9.55. The van der Waals surface area contributed by atoms with Gasteiger partial charge in [0.15, 0.2) is 0 Å². The number of hydrogen-bond acceptors (Lipinski definition) is 7. The fraction of sp³-hybridized carbons (Fsp3) is 0.233. The molecule has 2 aliphatic heterocycles. The van der Waals surface area contributed by atoms with Gasteiger partial charge in [-0.1, -0.05) is 36.4 Å². The van der Waals surface area contributed by atoms with E-state index in [-0.39, 0.29) is 30.1 Å². The van der Waals surface area contributed by atoms with E-state index in [1.165, 1.54) is 24.0 Å². The molecular formula is C30H28F2N4O4. The standard InChI is InChI=1S/C30H28F2N4O4/c1-17-7-5-8-19(13-17)28-34-18(2)25(30(38)36(28)27-23(39-3)9-6-10-24(27)40-4)29(37)35-12-11-20(16-35)26-22(32)14-21(31)15-33-26/h5-10,13-15,20,38H,2,11-12,16H2,1,3-4H3. The highest BCUT2D eigenvalue weighted by Gasteiger charge is 2.39. The van der Waals surface area contributed by atoms with E-state index >= 15 is 0 Å². The van der Waals surface area contributed by atoms with Gasteiger partial charge in [-0.25, -0.2) is 13.8 Å². The van der Waals surface area contributed by atoms with Crippen LogP contribution in [0.4, 0.5) is 14.5 Å². The number of halogens is 2. The summed E-state index contributed by atoms with van der Waals surface area (Å²) in [6, 6.07) is 13.5. The van der Waals surface area contributed by atoms with E-state index < -0.39 is 29.3 Å². The van der Waals surface area contributed by atoms with Crippen LogP contribution in [0, 0.1) is 18.6 Å². The van der Waals surface area contributed by atoms with Gasteiger partial charge in [0.05, 0.1) is 31.8 Å². The van der Waals surface area contributed by atoms with Gasteiger partial charge in [-0.2, -0.15) is 0 Å². The average Bonchev–Trinajstić information content (AvgIpc) is 3.42. The minimum Gasteiger partial charge on any atom is -0.494 e. The summed E-state index contributed by atoms with van der Waals surface area (Å²) in [5.74, 6) is -1.81. The molecule has 8 nitrogen and oxygen atoms in total. The number of pyridine rings is 1. The SMILES string of the molecule is C=C1N=C(c2cccc(C)c2)N(c2c(OC)cccc2OC)C(O)=C1C(=O)N1CCC(c2ncc(F)cc2F)C1. The zero-order valence-electron chi connectivity index (χ0n) is 22.3. The third-order valence-electron chi connectivity index (χ3n) is 6.99. The quantitative estimate of drug-likeness (QED) is 0.455. The molecule has 0 radical (unpaired) electrons. The lowest BCUT2D eigenvalue weighted by Crippen LogP contribution is -2.40. The molecule has 3 aromatic rings. The topological polar surface area (TPSA) is 87.5 Å². The van der Waals surface area contributed by atoms with Crippen LogP contribution in [-0.2, 0) is 4.79 Å². The number of aromatic nitrogens is 1. The number of aliphatic hydroxyl groups is 1. The van der Waals surface area contributed by atoms with Gasteiger partial charge in [0.2, 0.25) is 5.88 Å². The molecule has 1 atom stereocenters. The maximum atomic E-state index is 14.4. The molecule has 40 heavy (non-hydrogen) atoms. The lowest BCUT2D eigenvalue weighted by molar-refractivity contribution is -0.126. The summed E-state index contributed by atoms with van der Waals surface area (Å²) in [5.41, 5.74) is 2.03. The number of aliphatic imine (C=N–C) groups is 1. The first kappa shape index (κ1) is 26.9. The van der Waals surface area contributed by atoms with Gasteiger partial charge >= 0.3 is 0 Å². The van der Waals surface area contributed by atoms with Crippen molar-refractivity contribution in [3.63, 3.8) is 0 Å². The average molecular weight is 547 g/mol. The first-order valence-electron chi connectivity index (χ1n) is 12.6. The summed E-state index contributed by atoms with van der Waals surface area (Å²) < 4.78 is 39.0. The Morgan fingerprint density at radius 3 is 2.45 bits per heavy atom. The summed E-state index contributed by atoms with van der Waals surface area (Å²) in [6.45, 7) is 6.33. The number of aryl methyl sites for hydroxylation is 1. The smallest absolute Gasteiger partial charge is 0.261 e. The number of aliphatic hydroxyl groups excluding tert-OH is 1. The van der Waals surface area contributed by atoms with E-state index in [2.05, 4.69) is 16.6 Å². The molecule has 1 saturated heterocycles. The van der Waals surface area contributed by atoms with Crippen molar-refractivity contribution in [1.29, 1.82) is 0 Å². The highest BCUT2D eigenvalue weighted by molar-refractivity contribution is 6.17. The number of ether oxygens (including phenoxy) is 2. The van der Waals surface area contributed by atoms with E-state index in [9.17, 15) is 18.7 Å². The summed E-state index contributed by atoms with van der Waals surface area (Å²) in [7, 11) is 2.98. The Morgan fingerprint density at radius 1 is 1.10 bits per heavy atom. The third kappa shape index (κ3) is 4.76. The highest BCUT2D eigenvalue weighted by atomic mass is 19.1. The second-order valence-corrected chi connectivity index (χ2v) is 9.55. The zero-order chi connectivity index (χ0) is 28.6. The maximum Gasteiger partial charge on any atom is 0.261 e. The summed E-state index contributed by atoms with van der Waals surface area (Å²) in [6.07, 6.45) is 1.38. The van der Waals surface area contributed by atoms with Gasteiger partial charge in [-0.3, -0.25) is 14.7 Å². The lowest BCUT2D eigenvalue weighted by atomic mass is 10.0. The van der Waals surface area contributed by atoms with Crippen molar-refractivity contribution in [2.24, 2.45) is 4.99 Å². The van der Waals surface area contributed by atoms with Gasteiger partial charge < -0.3 is 19.5 Å². The fourth-order valence-electron chi connectivity index (χ4n) is 5.09. The molecule has 1 fully saturated rings. The molecular weight excluding hydrogens is 518 g/mol. The van der Waals surface area contributed by atoms with Crippen LogP contribution in [0.15, 0.2) is 83.5 Å². The minimum atomic E-state index is -0.769. The summed E-state index contributed by atoms with van der Waals surface area (Å²) in [4.78, 5) is 25.3. The Labute approximate surface area is 230 Å². The molecule has 0 saturated carbocycles. The van der Waals surface area contributed by atoms with E-state index in [0.717, 1.165) is 17.8 Å². The largest absolute Gasteiger partial charge is 0.494 e. The van der Waals surface area contributed by atoms with E-state index in [1.54, 1.807) is 18.2 Å². The number of carbonyl (C=O) groups excluding carboxylic acids is 1. The van der Waals surface area contributed by atoms with Crippen molar-refractivity contribution < 1.29 is 28.2 Å². The Balaban J connectivity index is 1.58. The fourth-order valence-corrected chi connectivity index (χ4v) is 5.09. The number of hydrogen-bond donors (Lipinski definition) is 1. The van der Waals surface area contributed by atoms with Gasteiger partial charge in [-0.15, -0.1) is 0 Å². The number of methoxy groups -OCH3 is 2. The van der Waals surface area contributed by atoms with Crippen molar-refractivity contribution in [2.45, 2.75) is 19.3 Å². The second kappa shape index (κ2) is 10.8. The minimum absolute atomic E-state index is 0.0682. The molecule has 5 rings (SSSR count). The molecule has 1 N–H and O–H groups in total. The van der Waals surface area contributed by atoms with Crippen LogP contribution in [0.1, 0.15) is 29.2 Å². The number of carbonyl (C=O) groups is 1.